The summed E-state index contributed by atoms with van der Waals surface area (Å²) >= 11 is 0. The lowest BCUT2D eigenvalue weighted by Gasteiger charge is -2.28. The first kappa shape index (κ1) is 18.8. The van der Waals surface area contributed by atoms with Crippen LogP contribution in [0.1, 0.15) is 24.5 Å². The average molecular weight is 375 g/mol. The summed E-state index contributed by atoms with van der Waals surface area (Å²) in [4.78, 5) is 50.7. The number of imide groups is 1. The van der Waals surface area contributed by atoms with E-state index in [-0.39, 0.29) is 18.9 Å². The molecule has 144 valence electrons. The second kappa shape index (κ2) is 7.36. The van der Waals surface area contributed by atoms with Gasteiger partial charge < -0.3 is 20.4 Å². The van der Waals surface area contributed by atoms with Crippen molar-refractivity contribution in [2.24, 2.45) is 0 Å². The summed E-state index contributed by atoms with van der Waals surface area (Å²) in [5.41, 5.74) is 2.02. The van der Waals surface area contributed by atoms with E-state index >= 15 is 0 Å². The summed E-state index contributed by atoms with van der Waals surface area (Å²) in [6, 6.07) is 5.16. The summed E-state index contributed by atoms with van der Waals surface area (Å²) in [5.74, 6) is -2.37. The van der Waals surface area contributed by atoms with E-state index in [2.05, 4.69) is 5.32 Å². The number of hydrogen-bond donors (Lipinski definition) is 3. The van der Waals surface area contributed by atoms with E-state index in [9.17, 15) is 24.3 Å². The maximum Gasteiger partial charge on any atom is 0.328 e. The topological polar surface area (TPSA) is 127 Å². The Balaban J connectivity index is 1.62. The highest BCUT2D eigenvalue weighted by molar-refractivity contribution is 6.05. The van der Waals surface area contributed by atoms with Gasteiger partial charge in [0.2, 0.25) is 5.91 Å². The molecule has 9 heteroatoms. The number of urea groups is 1. The molecule has 0 bridgehead atoms. The molecule has 0 aliphatic carbocycles. The van der Waals surface area contributed by atoms with Crippen molar-refractivity contribution in [1.82, 2.24) is 15.1 Å². The lowest BCUT2D eigenvalue weighted by Crippen LogP contribution is -2.48. The summed E-state index contributed by atoms with van der Waals surface area (Å²) in [6.45, 7) is 1.46. The number of nitrogens with one attached hydrogen (secondary N) is 1. The number of aliphatic hydroxyl groups excluding tert-OH is 1. The first-order valence-corrected chi connectivity index (χ1v) is 8.68. The number of aliphatic carboxylic acids is 1. The maximum atomic E-state index is 12.6. The standard InChI is InChI=1S/C18H21N3O6/c1-10(22)15(17(25)26)19-14(23)6-7-20-16(24)13-8-11-4-2-3-5-12(11)9-21(13)18(20)27/h2-5,10,13,15,22H,6-9H2,1H3,(H,19,23)(H,25,26)/t10-,13+,15-/m0/s1. The Hall–Kier alpha value is -2.94. The van der Waals surface area contributed by atoms with E-state index in [0.29, 0.717) is 13.0 Å². The highest BCUT2D eigenvalue weighted by Crippen LogP contribution is 2.29. The fourth-order valence-electron chi connectivity index (χ4n) is 3.43. The highest BCUT2D eigenvalue weighted by atomic mass is 16.4. The largest absolute Gasteiger partial charge is 0.480 e. The summed E-state index contributed by atoms with van der Waals surface area (Å²) in [6.07, 6.45) is -1.07. The third-order valence-electron chi connectivity index (χ3n) is 4.90. The number of carboxylic acid groups (broad SMARTS) is 1. The number of amides is 4. The maximum absolute atomic E-state index is 12.6. The summed E-state index contributed by atoms with van der Waals surface area (Å²) < 4.78 is 0. The number of carbonyl (C=O) groups is 4. The second-order valence-electron chi connectivity index (χ2n) is 6.76. The number of hydrogen-bond acceptors (Lipinski definition) is 5. The predicted molar refractivity (Wildman–Crippen MR) is 92.5 cm³/mol. The fraction of sp³-hybridized carbons (Fsp3) is 0.444. The van der Waals surface area contributed by atoms with Gasteiger partial charge in [0, 0.05) is 25.9 Å². The van der Waals surface area contributed by atoms with Crippen LogP contribution in [-0.2, 0) is 27.3 Å². The van der Waals surface area contributed by atoms with E-state index in [1.165, 1.54) is 11.8 Å². The lowest BCUT2D eigenvalue weighted by molar-refractivity contribution is -0.145. The van der Waals surface area contributed by atoms with Crippen molar-refractivity contribution < 1.29 is 29.4 Å². The number of rotatable bonds is 6. The summed E-state index contributed by atoms with van der Waals surface area (Å²) in [5, 5.41) is 20.6. The Morgan fingerprint density at radius 2 is 1.93 bits per heavy atom. The van der Waals surface area contributed by atoms with Crippen molar-refractivity contribution in [3.8, 4) is 0 Å². The molecule has 4 amide bonds. The van der Waals surface area contributed by atoms with Gasteiger partial charge in [-0.05, 0) is 18.1 Å². The van der Waals surface area contributed by atoms with Crippen LogP contribution in [0.5, 0.6) is 0 Å². The van der Waals surface area contributed by atoms with Crippen molar-refractivity contribution in [3.05, 3.63) is 35.4 Å². The minimum absolute atomic E-state index is 0.140. The zero-order valence-electron chi connectivity index (χ0n) is 14.8. The minimum atomic E-state index is -1.44. The molecule has 0 saturated carbocycles. The van der Waals surface area contributed by atoms with Crippen molar-refractivity contribution in [2.75, 3.05) is 6.54 Å². The smallest absolute Gasteiger partial charge is 0.328 e. The molecule has 1 aromatic rings. The molecule has 3 rings (SSSR count). The first-order valence-electron chi connectivity index (χ1n) is 8.68. The van der Waals surface area contributed by atoms with Crippen LogP contribution in [0.4, 0.5) is 4.79 Å². The van der Waals surface area contributed by atoms with Crippen molar-refractivity contribution in [3.63, 3.8) is 0 Å². The zero-order chi connectivity index (χ0) is 19.7. The van der Waals surface area contributed by atoms with E-state index in [0.717, 1.165) is 16.0 Å². The Labute approximate surface area is 155 Å². The fourth-order valence-corrected chi connectivity index (χ4v) is 3.43. The third kappa shape index (κ3) is 3.63. The molecule has 3 N–H and O–H groups in total. The summed E-state index contributed by atoms with van der Waals surface area (Å²) in [7, 11) is 0. The van der Waals surface area contributed by atoms with E-state index in [1.54, 1.807) is 0 Å². The van der Waals surface area contributed by atoms with Crippen molar-refractivity contribution in [2.45, 2.75) is 44.5 Å². The van der Waals surface area contributed by atoms with Crippen LogP contribution in [0.3, 0.4) is 0 Å². The molecule has 27 heavy (non-hydrogen) atoms. The normalized spacial score (nSPS) is 20.7. The Morgan fingerprint density at radius 3 is 2.56 bits per heavy atom. The van der Waals surface area contributed by atoms with Gasteiger partial charge in [0.1, 0.15) is 6.04 Å². The highest BCUT2D eigenvalue weighted by Gasteiger charge is 2.46. The molecule has 3 atom stereocenters. The Morgan fingerprint density at radius 1 is 1.26 bits per heavy atom. The molecule has 0 spiro atoms. The molecule has 2 heterocycles. The monoisotopic (exact) mass is 375 g/mol. The van der Waals surface area contributed by atoms with Gasteiger partial charge in [0.05, 0.1) is 6.10 Å². The molecule has 9 nitrogen and oxygen atoms in total. The molecule has 0 unspecified atom stereocenters. The number of fused-ring (bicyclic) bond motifs is 2. The SMILES string of the molecule is C[C@H](O)[C@H](NC(=O)CCN1C(=O)[C@H]2Cc3ccccc3CN2C1=O)C(=O)O. The van der Waals surface area contributed by atoms with E-state index < -0.39 is 36.1 Å². The lowest BCUT2D eigenvalue weighted by atomic mass is 9.95. The molecule has 1 aromatic carbocycles. The van der Waals surface area contributed by atoms with Gasteiger partial charge in [0.15, 0.2) is 6.04 Å². The quantitative estimate of drug-likeness (QED) is 0.587. The molecule has 2 aliphatic heterocycles. The predicted octanol–water partition coefficient (Wildman–Crippen LogP) is -0.284. The van der Waals surface area contributed by atoms with Crippen LogP contribution < -0.4 is 5.32 Å². The van der Waals surface area contributed by atoms with Gasteiger partial charge in [-0.25, -0.2) is 9.59 Å². The number of carboxylic acids is 1. The van der Waals surface area contributed by atoms with Crippen LogP contribution in [-0.4, -0.2) is 68.6 Å². The molecule has 2 aliphatic rings. The zero-order valence-corrected chi connectivity index (χ0v) is 14.8. The third-order valence-corrected chi connectivity index (χ3v) is 4.90. The molecule has 0 radical (unpaired) electrons. The minimum Gasteiger partial charge on any atom is -0.480 e. The average Bonchev–Trinajstić information content (AvgIpc) is 2.86. The van der Waals surface area contributed by atoms with Gasteiger partial charge in [-0.2, -0.15) is 0 Å². The second-order valence-corrected chi connectivity index (χ2v) is 6.76. The van der Waals surface area contributed by atoms with Crippen LogP contribution in [0.2, 0.25) is 0 Å². The number of carbonyl (C=O) groups excluding carboxylic acids is 3. The number of benzene rings is 1. The Kier molecular flexibility index (Phi) is 5.13. The van der Waals surface area contributed by atoms with Gasteiger partial charge in [-0.1, -0.05) is 24.3 Å². The molecule has 0 aromatic heterocycles. The van der Waals surface area contributed by atoms with Crippen LogP contribution >= 0.6 is 0 Å². The van der Waals surface area contributed by atoms with Gasteiger partial charge in [0.25, 0.3) is 5.91 Å². The molecular formula is C18H21N3O6. The van der Waals surface area contributed by atoms with Crippen LogP contribution in [0.25, 0.3) is 0 Å². The van der Waals surface area contributed by atoms with Crippen molar-refractivity contribution >= 4 is 23.8 Å². The van der Waals surface area contributed by atoms with E-state index in [4.69, 9.17) is 5.11 Å². The Bertz CT molecular complexity index is 750. The first-order chi connectivity index (χ1) is 12.8. The van der Waals surface area contributed by atoms with Crippen LogP contribution in [0.15, 0.2) is 24.3 Å². The van der Waals surface area contributed by atoms with Crippen molar-refractivity contribution in [1.29, 1.82) is 0 Å². The molecule has 1 saturated heterocycles. The molecular weight excluding hydrogens is 354 g/mol. The van der Waals surface area contributed by atoms with Crippen LogP contribution in [0, 0.1) is 0 Å². The van der Waals surface area contributed by atoms with Gasteiger partial charge >= 0.3 is 12.0 Å². The number of aliphatic hydroxyl groups is 1. The molecule has 1 fully saturated rings. The van der Waals surface area contributed by atoms with Gasteiger partial charge in [-0.3, -0.25) is 14.5 Å². The number of nitrogens with zero attached hydrogens (tertiary/aromatic N) is 2. The van der Waals surface area contributed by atoms with E-state index in [1.807, 2.05) is 24.3 Å². The van der Waals surface area contributed by atoms with Gasteiger partial charge in [-0.15, -0.1) is 0 Å².